The summed E-state index contributed by atoms with van der Waals surface area (Å²) in [7, 11) is 1.53. The molecular formula is C11H17N5O5. The van der Waals surface area contributed by atoms with Gasteiger partial charge in [-0.3, -0.25) is 10.3 Å². The number of rotatable bonds is 3. The fourth-order valence-corrected chi connectivity index (χ4v) is 2.57. The fourth-order valence-electron chi connectivity index (χ4n) is 2.57. The van der Waals surface area contributed by atoms with Crippen LogP contribution >= 0.6 is 0 Å². The van der Waals surface area contributed by atoms with Gasteiger partial charge in [-0.25, -0.2) is 9.98 Å². The molecule has 0 aromatic carbocycles. The second kappa shape index (κ2) is 5.09. The Kier molecular flexibility index (Phi) is 3.51. The molecule has 0 aliphatic carbocycles. The van der Waals surface area contributed by atoms with E-state index in [0.29, 0.717) is 5.84 Å². The Morgan fingerprint density at radius 2 is 2.24 bits per heavy atom. The summed E-state index contributed by atoms with van der Waals surface area (Å²) in [6.07, 6.45) is -3.03. The van der Waals surface area contributed by atoms with E-state index in [2.05, 4.69) is 20.3 Å². The van der Waals surface area contributed by atoms with E-state index < -0.39 is 37.0 Å². The predicted molar refractivity (Wildman–Crippen MR) is 71.8 cm³/mol. The number of ether oxygens (including phenoxy) is 1. The van der Waals surface area contributed by atoms with Crippen LogP contribution in [0.1, 0.15) is 0 Å². The number of amidine groups is 1. The molecule has 116 valence electrons. The van der Waals surface area contributed by atoms with Crippen molar-refractivity contribution < 1.29 is 25.2 Å². The largest absolute Gasteiger partial charge is 0.394 e. The molecule has 1 saturated heterocycles. The molecule has 5 N–H and O–H groups in total. The van der Waals surface area contributed by atoms with Crippen molar-refractivity contribution >= 4 is 17.9 Å². The molecule has 0 bridgehead atoms. The molecule has 10 heteroatoms. The summed E-state index contributed by atoms with van der Waals surface area (Å²) in [6.45, 7) is -0.321. The Balaban J connectivity index is 1.85. The van der Waals surface area contributed by atoms with Gasteiger partial charge in [-0.15, -0.1) is 0 Å². The molecule has 1 unspecified atom stereocenters. The van der Waals surface area contributed by atoms with E-state index in [4.69, 9.17) is 9.84 Å². The molecule has 3 heterocycles. The third-order valence-corrected chi connectivity index (χ3v) is 3.79. The number of nitrogens with one attached hydrogen (secondary N) is 1. The first-order chi connectivity index (χ1) is 10.0. The molecule has 3 aliphatic rings. The van der Waals surface area contributed by atoms with Crippen LogP contribution in [0.25, 0.3) is 0 Å². The molecule has 0 aromatic heterocycles. The number of hydrogen-bond acceptors (Lipinski definition) is 10. The first kappa shape index (κ1) is 14.5. The minimum atomic E-state index is -1.68. The Hall–Kier alpha value is -1.43. The highest BCUT2D eigenvalue weighted by Crippen LogP contribution is 2.28. The van der Waals surface area contributed by atoms with Gasteiger partial charge in [0.25, 0.3) is 5.85 Å². The van der Waals surface area contributed by atoms with Crippen LogP contribution < -0.4 is 5.32 Å². The summed E-state index contributed by atoms with van der Waals surface area (Å²) in [6, 6.07) is 0. The Morgan fingerprint density at radius 3 is 2.86 bits per heavy atom. The minimum absolute atomic E-state index is 0.0914. The summed E-state index contributed by atoms with van der Waals surface area (Å²) in [5, 5.41) is 41.9. The van der Waals surface area contributed by atoms with E-state index in [-0.39, 0.29) is 12.4 Å². The third kappa shape index (κ3) is 2.08. The van der Waals surface area contributed by atoms with E-state index in [0.717, 1.165) is 0 Å². The lowest BCUT2D eigenvalue weighted by Crippen LogP contribution is -2.56. The van der Waals surface area contributed by atoms with E-state index in [1.165, 1.54) is 18.3 Å². The lowest BCUT2D eigenvalue weighted by Gasteiger charge is -2.31. The Bertz CT molecular complexity index is 523. The van der Waals surface area contributed by atoms with Gasteiger partial charge in [0.15, 0.2) is 12.1 Å². The topological polar surface area (TPSA) is 142 Å². The number of aliphatic imine (C=N–C) groups is 3. The molecule has 3 rings (SSSR count). The Morgan fingerprint density at radius 1 is 1.48 bits per heavy atom. The molecule has 0 radical (unpaired) electrons. The molecular weight excluding hydrogens is 282 g/mol. The van der Waals surface area contributed by atoms with Crippen LogP contribution in [0.15, 0.2) is 15.0 Å². The molecule has 1 fully saturated rings. The van der Waals surface area contributed by atoms with Crippen LogP contribution in [-0.4, -0.2) is 93.9 Å². The maximum Gasteiger partial charge on any atom is 0.262 e. The summed E-state index contributed by atoms with van der Waals surface area (Å²) in [5.41, 5.74) is 0.213. The number of aliphatic hydroxyl groups is 4. The zero-order chi connectivity index (χ0) is 15.2. The van der Waals surface area contributed by atoms with Crippen LogP contribution in [0.5, 0.6) is 0 Å². The van der Waals surface area contributed by atoms with E-state index in [1.54, 1.807) is 0 Å². The van der Waals surface area contributed by atoms with Crippen LogP contribution in [0, 0.1) is 0 Å². The van der Waals surface area contributed by atoms with Crippen molar-refractivity contribution in [3.63, 3.8) is 0 Å². The molecule has 5 atom stereocenters. The van der Waals surface area contributed by atoms with Gasteiger partial charge >= 0.3 is 0 Å². The molecule has 3 aliphatic heterocycles. The number of nitrogens with zero attached hydrogens (tertiary/aromatic N) is 4. The van der Waals surface area contributed by atoms with Gasteiger partial charge in [-0.2, -0.15) is 0 Å². The second-order valence-corrected chi connectivity index (χ2v) is 4.97. The zero-order valence-corrected chi connectivity index (χ0v) is 11.3. The summed E-state index contributed by atoms with van der Waals surface area (Å²) in [4.78, 5) is 13.6. The molecule has 10 nitrogen and oxygen atoms in total. The van der Waals surface area contributed by atoms with Crippen molar-refractivity contribution in [1.82, 2.24) is 10.2 Å². The van der Waals surface area contributed by atoms with Gasteiger partial charge in [-0.05, 0) is 7.05 Å². The standard InChI is InChI=1S/C11H17N5O5/c1-12-11(20)8-9(13-3-15-11)16(4-14-8)10-7(19)6(18)5(2-17)21-10/h3,5-7,10,12,17-20H,2,4H2,1H3/t5-,6-,7-,10-,11?/m1/s1. The summed E-state index contributed by atoms with van der Waals surface area (Å²) < 4.78 is 5.45. The van der Waals surface area contributed by atoms with Crippen molar-refractivity contribution in [2.24, 2.45) is 15.0 Å². The number of hydrogen-bond donors (Lipinski definition) is 5. The first-order valence-electron chi connectivity index (χ1n) is 6.49. The molecule has 0 saturated carbocycles. The van der Waals surface area contributed by atoms with Crippen molar-refractivity contribution in [3.8, 4) is 0 Å². The normalized spacial score (nSPS) is 42.0. The van der Waals surface area contributed by atoms with Crippen molar-refractivity contribution in [2.45, 2.75) is 30.4 Å². The predicted octanol–water partition coefficient (Wildman–Crippen LogP) is -3.55. The van der Waals surface area contributed by atoms with E-state index in [1.807, 2.05) is 0 Å². The lowest BCUT2D eigenvalue weighted by molar-refractivity contribution is -0.0688. The van der Waals surface area contributed by atoms with E-state index >= 15 is 0 Å². The summed E-state index contributed by atoms with van der Waals surface area (Å²) >= 11 is 0. The monoisotopic (exact) mass is 299 g/mol. The van der Waals surface area contributed by atoms with Crippen LogP contribution in [-0.2, 0) is 4.74 Å². The fraction of sp³-hybridized carbons (Fsp3) is 0.727. The Labute approximate surface area is 120 Å². The minimum Gasteiger partial charge on any atom is -0.394 e. The molecule has 21 heavy (non-hydrogen) atoms. The van der Waals surface area contributed by atoms with E-state index in [9.17, 15) is 15.3 Å². The number of fused-ring (bicyclic) bond motifs is 1. The van der Waals surface area contributed by atoms with Gasteiger partial charge in [0.05, 0.1) is 6.61 Å². The van der Waals surface area contributed by atoms with Crippen molar-refractivity contribution in [2.75, 3.05) is 20.3 Å². The third-order valence-electron chi connectivity index (χ3n) is 3.79. The highest BCUT2D eigenvalue weighted by atomic mass is 16.6. The molecule has 0 amide bonds. The maximum atomic E-state index is 10.3. The van der Waals surface area contributed by atoms with Crippen LogP contribution in [0.3, 0.4) is 0 Å². The smallest absolute Gasteiger partial charge is 0.262 e. The average molecular weight is 299 g/mol. The summed E-state index contributed by atoms with van der Waals surface area (Å²) in [5.74, 6) is -1.37. The second-order valence-electron chi connectivity index (χ2n) is 4.97. The van der Waals surface area contributed by atoms with Crippen LogP contribution in [0.4, 0.5) is 0 Å². The van der Waals surface area contributed by atoms with Gasteiger partial charge in [-0.1, -0.05) is 0 Å². The lowest BCUT2D eigenvalue weighted by atomic mass is 10.1. The quantitative estimate of drug-likeness (QED) is 0.339. The molecule has 0 spiro atoms. The zero-order valence-electron chi connectivity index (χ0n) is 11.3. The average Bonchev–Trinajstić information content (AvgIpc) is 3.03. The first-order valence-corrected chi connectivity index (χ1v) is 6.49. The highest BCUT2D eigenvalue weighted by Gasteiger charge is 2.50. The molecule has 0 aromatic rings. The van der Waals surface area contributed by atoms with Crippen molar-refractivity contribution in [1.29, 1.82) is 0 Å². The highest BCUT2D eigenvalue weighted by molar-refractivity contribution is 6.47. The van der Waals surface area contributed by atoms with Gasteiger partial charge in [0, 0.05) is 0 Å². The van der Waals surface area contributed by atoms with Gasteiger partial charge < -0.3 is 30.1 Å². The van der Waals surface area contributed by atoms with Crippen molar-refractivity contribution in [3.05, 3.63) is 0 Å². The SMILES string of the molecule is CNC1(O)N=CN=C2C1=NCN2[C@@H]1O[C@H](CO)[C@@H](O)[C@H]1O. The maximum absolute atomic E-state index is 10.3. The van der Waals surface area contributed by atoms with Crippen LogP contribution in [0.2, 0.25) is 0 Å². The van der Waals surface area contributed by atoms with Gasteiger partial charge in [0.1, 0.15) is 37.0 Å². The number of aliphatic hydroxyl groups excluding tert-OH is 3. The van der Waals surface area contributed by atoms with Gasteiger partial charge in [0.2, 0.25) is 0 Å².